The Balaban J connectivity index is 2.35. The van der Waals surface area contributed by atoms with Crippen LogP contribution in [0.15, 0.2) is 23.1 Å². The number of nitrogens with one attached hydrogen (secondary N) is 1. The van der Waals surface area contributed by atoms with Crippen LogP contribution in [0.3, 0.4) is 0 Å². The van der Waals surface area contributed by atoms with Crippen LogP contribution in [0.1, 0.15) is 11.5 Å². The van der Waals surface area contributed by atoms with Gasteiger partial charge in [0.05, 0.1) is 4.90 Å². The van der Waals surface area contributed by atoms with Crippen molar-refractivity contribution in [1.29, 1.82) is 0 Å². The van der Waals surface area contributed by atoms with Gasteiger partial charge in [0.2, 0.25) is 0 Å². The quantitative estimate of drug-likeness (QED) is 0.840. The number of cyclic esters (lactones) is 1. The van der Waals surface area contributed by atoms with E-state index in [1.54, 1.807) is 0 Å². The zero-order valence-electron chi connectivity index (χ0n) is 9.02. The molecule has 0 saturated carbocycles. The van der Waals surface area contributed by atoms with Crippen molar-refractivity contribution < 1.29 is 22.3 Å². The van der Waals surface area contributed by atoms with E-state index in [1.807, 2.05) is 0 Å². The summed E-state index contributed by atoms with van der Waals surface area (Å²) < 4.78 is 40.7. The molecule has 0 bridgehead atoms. The number of hydrogen-bond donors (Lipinski definition) is 1. The number of carbonyl (C=O) groups excluding carboxylic acids is 1. The average Bonchev–Trinajstić information content (AvgIpc) is 2.29. The Morgan fingerprint density at radius 1 is 1.44 bits per heavy atom. The lowest BCUT2D eigenvalue weighted by Gasteiger charge is -2.23. The minimum atomic E-state index is -3.91. The molecule has 0 radical (unpaired) electrons. The van der Waals surface area contributed by atoms with Crippen molar-refractivity contribution in [3.8, 4) is 0 Å². The first kappa shape index (κ1) is 13.1. The van der Waals surface area contributed by atoms with Crippen molar-refractivity contribution >= 4 is 25.8 Å². The molecule has 2 rings (SSSR count). The van der Waals surface area contributed by atoms with E-state index in [0.717, 1.165) is 18.2 Å². The van der Waals surface area contributed by atoms with Gasteiger partial charge in [-0.3, -0.25) is 0 Å². The summed E-state index contributed by atoms with van der Waals surface area (Å²) in [7, 11) is 1.28. The molecule has 1 aromatic carbocycles. The molecule has 0 aromatic heterocycles. The second kappa shape index (κ2) is 4.74. The van der Waals surface area contributed by atoms with Crippen LogP contribution in [-0.4, -0.2) is 27.7 Å². The molecular formula is C10H9ClFNO4S. The van der Waals surface area contributed by atoms with E-state index >= 15 is 0 Å². The third-order valence-corrected chi connectivity index (χ3v) is 3.95. The molecule has 1 aromatic rings. The van der Waals surface area contributed by atoms with Gasteiger partial charge in [-0.25, -0.2) is 17.6 Å². The lowest BCUT2D eigenvalue weighted by molar-refractivity contribution is 0.119. The number of ether oxygens (including phenoxy) is 1. The van der Waals surface area contributed by atoms with Gasteiger partial charge in [0.15, 0.2) is 0 Å². The summed E-state index contributed by atoms with van der Waals surface area (Å²) in [5.41, 5.74) is 0.150. The number of amides is 1. The highest BCUT2D eigenvalue weighted by Gasteiger charge is 2.24. The van der Waals surface area contributed by atoms with Gasteiger partial charge in [0.25, 0.3) is 9.05 Å². The van der Waals surface area contributed by atoms with Crippen LogP contribution in [0.4, 0.5) is 9.18 Å². The largest absolute Gasteiger partial charge is 0.449 e. The molecule has 1 heterocycles. The van der Waals surface area contributed by atoms with Gasteiger partial charge >= 0.3 is 6.09 Å². The van der Waals surface area contributed by atoms with Crippen molar-refractivity contribution in [1.82, 2.24) is 5.32 Å². The second-order valence-corrected chi connectivity index (χ2v) is 6.36. The topological polar surface area (TPSA) is 72.5 Å². The Kier molecular flexibility index (Phi) is 3.45. The van der Waals surface area contributed by atoms with Gasteiger partial charge < -0.3 is 10.1 Å². The smallest absolute Gasteiger partial charge is 0.407 e. The first-order valence-electron chi connectivity index (χ1n) is 5.02. The van der Waals surface area contributed by atoms with Crippen LogP contribution in [-0.2, 0) is 13.8 Å². The summed E-state index contributed by atoms with van der Waals surface area (Å²) in [4.78, 5) is 10.6. The predicted octanol–water partition coefficient (Wildman–Crippen LogP) is 1.58. The first-order valence-corrected chi connectivity index (χ1v) is 7.33. The third kappa shape index (κ3) is 2.73. The Bertz CT molecular complexity index is 580. The van der Waals surface area contributed by atoms with Crippen molar-refractivity contribution in [3.63, 3.8) is 0 Å². The maximum atomic E-state index is 13.6. The standard InChI is InChI=1S/C10H9ClFNO4S/c11-18(15,16)7-1-2-9(12)8(3-7)6-4-13-10(14)17-5-6/h1-3,6H,4-5H2,(H,13,14). The number of rotatable bonds is 2. The minimum Gasteiger partial charge on any atom is -0.449 e. The molecule has 1 unspecified atom stereocenters. The van der Waals surface area contributed by atoms with Crippen molar-refractivity contribution in [2.45, 2.75) is 10.8 Å². The van der Waals surface area contributed by atoms with E-state index in [1.165, 1.54) is 0 Å². The molecule has 8 heteroatoms. The molecule has 1 fully saturated rings. The fourth-order valence-electron chi connectivity index (χ4n) is 1.68. The Hall–Kier alpha value is -1.34. The van der Waals surface area contributed by atoms with Gasteiger partial charge in [0, 0.05) is 23.1 Å². The third-order valence-electron chi connectivity index (χ3n) is 2.60. The van der Waals surface area contributed by atoms with Crippen molar-refractivity contribution in [2.24, 2.45) is 0 Å². The summed E-state index contributed by atoms with van der Waals surface area (Å²) >= 11 is 0. The highest BCUT2D eigenvalue weighted by molar-refractivity contribution is 8.13. The fraction of sp³-hybridized carbons (Fsp3) is 0.300. The van der Waals surface area contributed by atoms with Crippen LogP contribution in [0.2, 0.25) is 0 Å². The number of hydrogen-bond acceptors (Lipinski definition) is 4. The molecule has 1 atom stereocenters. The lowest BCUT2D eigenvalue weighted by atomic mass is 9.99. The lowest BCUT2D eigenvalue weighted by Crippen LogP contribution is -2.37. The van der Waals surface area contributed by atoms with Crippen LogP contribution < -0.4 is 5.32 Å². The number of carbonyl (C=O) groups is 1. The highest BCUT2D eigenvalue weighted by Crippen LogP contribution is 2.25. The summed E-state index contributed by atoms with van der Waals surface area (Å²) in [6, 6.07) is 3.27. The molecule has 1 aliphatic rings. The average molecular weight is 294 g/mol. The zero-order valence-corrected chi connectivity index (χ0v) is 10.6. The number of alkyl carbamates (subject to hydrolysis) is 1. The highest BCUT2D eigenvalue weighted by atomic mass is 35.7. The Morgan fingerprint density at radius 2 is 2.17 bits per heavy atom. The SMILES string of the molecule is O=C1NCC(c2cc(S(=O)(=O)Cl)ccc2F)CO1. The first-order chi connectivity index (χ1) is 8.38. The molecular weight excluding hydrogens is 285 g/mol. The van der Waals surface area contributed by atoms with E-state index < -0.39 is 26.9 Å². The monoisotopic (exact) mass is 293 g/mol. The zero-order chi connectivity index (χ0) is 13.3. The van der Waals surface area contributed by atoms with Gasteiger partial charge in [-0.1, -0.05) is 0 Å². The molecule has 1 N–H and O–H groups in total. The van der Waals surface area contributed by atoms with E-state index in [-0.39, 0.29) is 23.6 Å². The van der Waals surface area contributed by atoms with Crippen molar-refractivity contribution in [3.05, 3.63) is 29.6 Å². The fourth-order valence-corrected chi connectivity index (χ4v) is 2.47. The maximum Gasteiger partial charge on any atom is 0.407 e. The number of benzene rings is 1. The van der Waals surface area contributed by atoms with Crippen LogP contribution in [0.5, 0.6) is 0 Å². The molecule has 0 spiro atoms. The van der Waals surface area contributed by atoms with Gasteiger partial charge in [0.1, 0.15) is 12.4 Å². The molecule has 1 aliphatic heterocycles. The van der Waals surface area contributed by atoms with E-state index in [2.05, 4.69) is 5.32 Å². The molecule has 18 heavy (non-hydrogen) atoms. The van der Waals surface area contributed by atoms with Crippen molar-refractivity contribution in [2.75, 3.05) is 13.2 Å². The molecule has 5 nitrogen and oxygen atoms in total. The maximum absolute atomic E-state index is 13.6. The second-order valence-electron chi connectivity index (χ2n) is 3.80. The predicted molar refractivity (Wildman–Crippen MR) is 61.5 cm³/mol. The minimum absolute atomic E-state index is 0.00542. The normalized spacial score (nSPS) is 20.1. The van der Waals surface area contributed by atoms with E-state index in [9.17, 15) is 17.6 Å². The van der Waals surface area contributed by atoms with Crippen LogP contribution >= 0.6 is 10.7 Å². The summed E-state index contributed by atoms with van der Waals surface area (Å²) in [6.45, 7) is 0.177. The van der Waals surface area contributed by atoms with E-state index in [4.69, 9.17) is 15.4 Å². The van der Waals surface area contributed by atoms with Crippen LogP contribution in [0, 0.1) is 5.82 Å². The molecule has 1 saturated heterocycles. The van der Waals surface area contributed by atoms with E-state index in [0.29, 0.717) is 0 Å². The van der Waals surface area contributed by atoms with Gasteiger partial charge in [-0.2, -0.15) is 0 Å². The Morgan fingerprint density at radius 3 is 2.72 bits per heavy atom. The van der Waals surface area contributed by atoms with Gasteiger partial charge in [-0.15, -0.1) is 0 Å². The number of halogens is 2. The Labute approximate surface area is 107 Å². The van der Waals surface area contributed by atoms with Crippen LogP contribution in [0.25, 0.3) is 0 Å². The summed E-state index contributed by atoms with van der Waals surface area (Å²) in [5, 5.41) is 2.41. The van der Waals surface area contributed by atoms with Gasteiger partial charge in [-0.05, 0) is 23.8 Å². The molecule has 1 amide bonds. The molecule has 0 aliphatic carbocycles. The summed E-state index contributed by atoms with van der Waals surface area (Å²) in [6.07, 6.45) is -0.576. The summed E-state index contributed by atoms with van der Waals surface area (Å²) in [5.74, 6) is -1.01. The molecule has 98 valence electrons.